The van der Waals surface area contributed by atoms with Crippen LogP contribution in [0.25, 0.3) is 0 Å². The minimum absolute atomic E-state index is 0.000394. The van der Waals surface area contributed by atoms with Gasteiger partial charge in [0.25, 0.3) is 10.0 Å². The van der Waals surface area contributed by atoms with Gasteiger partial charge in [0.2, 0.25) is 11.8 Å². The Labute approximate surface area is 235 Å². The van der Waals surface area contributed by atoms with Gasteiger partial charge in [-0.1, -0.05) is 48.9 Å². The molecule has 0 unspecified atom stereocenters. The lowest BCUT2D eigenvalue weighted by atomic mass is 10.1. The summed E-state index contributed by atoms with van der Waals surface area (Å²) in [7, 11) is -2.59. The largest absolute Gasteiger partial charge is 0.497 e. The van der Waals surface area contributed by atoms with Gasteiger partial charge >= 0.3 is 0 Å². The number of halogens is 1. The number of sulfonamides is 1. The smallest absolute Gasteiger partial charge is 0.264 e. The van der Waals surface area contributed by atoms with Gasteiger partial charge < -0.3 is 15.0 Å². The van der Waals surface area contributed by atoms with E-state index in [0.717, 1.165) is 9.87 Å². The summed E-state index contributed by atoms with van der Waals surface area (Å²) in [5.41, 5.74) is 1.83. The average molecular weight is 572 g/mol. The number of ether oxygens (including phenoxy) is 1. The predicted molar refractivity (Wildman–Crippen MR) is 153 cm³/mol. The number of hydrogen-bond acceptors (Lipinski definition) is 5. The van der Waals surface area contributed by atoms with E-state index in [1.165, 1.54) is 29.2 Å². The van der Waals surface area contributed by atoms with Crippen LogP contribution in [-0.4, -0.2) is 51.4 Å². The maximum atomic E-state index is 14.0. The van der Waals surface area contributed by atoms with Gasteiger partial charge in [-0.3, -0.25) is 13.9 Å². The number of para-hydroxylation sites is 1. The molecule has 8 nitrogen and oxygen atoms in total. The fraction of sp³-hybridized carbons (Fsp3) is 0.310. The minimum atomic E-state index is -4.16. The number of likely N-dealkylation sites (N-methyl/N-ethyl adjacent to an activating group) is 1. The molecule has 0 saturated carbocycles. The van der Waals surface area contributed by atoms with Crippen LogP contribution in [0.2, 0.25) is 5.02 Å². The summed E-state index contributed by atoms with van der Waals surface area (Å²) in [6.07, 6.45) is 0.349. The zero-order valence-electron chi connectivity index (χ0n) is 22.6. The third kappa shape index (κ3) is 7.30. The second kappa shape index (κ2) is 13.5. The molecule has 208 valence electrons. The second-order valence-corrected chi connectivity index (χ2v) is 11.2. The van der Waals surface area contributed by atoms with Crippen LogP contribution < -0.4 is 14.4 Å². The number of nitrogens with one attached hydrogen (secondary N) is 1. The molecule has 0 aliphatic carbocycles. The van der Waals surface area contributed by atoms with E-state index in [1.54, 1.807) is 57.4 Å². The molecule has 1 N–H and O–H groups in total. The molecule has 3 rings (SSSR count). The first kappa shape index (κ1) is 30.0. The van der Waals surface area contributed by atoms with Crippen molar-refractivity contribution in [2.75, 3.05) is 24.5 Å². The third-order valence-corrected chi connectivity index (χ3v) is 8.34. The van der Waals surface area contributed by atoms with Crippen molar-refractivity contribution in [1.82, 2.24) is 10.2 Å². The maximum absolute atomic E-state index is 14.0. The zero-order valence-corrected chi connectivity index (χ0v) is 24.1. The van der Waals surface area contributed by atoms with Crippen molar-refractivity contribution in [2.24, 2.45) is 0 Å². The number of methoxy groups -OCH3 is 1. The van der Waals surface area contributed by atoms with Crippen LogP contribution in [0.15, 0.2) is 77.7 Å². The lowest BCUT2D eigenvalue weighted by Crippen LogP contribution is -2.52. The number of anilines is 1. The third-order valence-electron chi connectivity index (χ3n) is 6.31. The van der Waals surface area contributed by atoms with Crippen LogP contribution in [-0.2, 0) is 26.2 Å². The number of carbonyl (C=O) groups excluding carboxylic acids is 2. The number of aryl methyl sites for hydroxylation is 1. The Hall–Kier alpha value is -3.56. The van der Waals surface area contributed by atoms with Crippen LogP contribution in [0.4, 0.5) is 5.69 Å². The molecule has 0 fully saturated rings. The molecule has 0 aliphatic heterocycles. The minimum Gasteiger partial charge on any atom is -0.497 e. The van der Waals surface area contributed by atoms with Crippen molar-refractivity contribution in [3.63, 3.8) is 0 Å². The van der Waals surface area contributed by atoms with Gasteiger partial charge in [-0.25, -0.2) is 8.42 Å². The van der Waals surface area contributed by atoms with Crippen LogP contribution in [0.3, 0.4) is 0 Å². The van der Waals surface area contributed by atoms with Gasteiger partial charge in [-0.15, -0.1) is 0 Å². The van der Waals surface area contributed by atoms with E-state index in [4.69, 9.17) is 16.3 Å². The molecular weight excluding hydrogens is 538 g/mol. The van der Waals surface area contributed by atoms with Gasteiger partial charge in [0.1, 0.15) is 18.3 Å². The molecule has 0 radical (unpaired) electrons. The van der Waals surface area contributed by atoms with Crippen molar-refractivity contribution < 1.29 is 22.7 Å². The van der Waals surface area contributed by atoms with Crippen molar-refractivity contribution in [3.05, 3.63) is 88.9 Å². The Morgan fingerprint density at radius 3 is 2.18 bits per heavy atom. The van der Waals surface area contributed by atoms with Gasteiger partial charge in [0, 0.05) is 18.1 Å². The summed E-state index contributed by atoms with van der Waals surface area (Å²) in [6.45, 7) is 5.42. The van der Waals surface area contributed by atoms with Gasteiger partial charge in [0.05, 0.1) is 17.7 Å². The molecule has 2 amide bonds. The lowest BCUT2D eigenvalue weighted by molar-refractivity contribution is -0.140. The first-order valence-electron chi connectivity index (χ1n) is 12.7. The van der Waals surface area contributed by atoms with Crippen molar-refractivity contribution in [1.29, 1.82) is 0 Å². The Bertz CT molecular complexity index is 1380. The average Bonchev–Trinajstić information content (AvgIpc) is 2.92. The summed E-state index contributed by atoms with van der Waals surface area (Å²) < 4.78 is 34.1. The van der Waals surface area contributed by atoms with E-state index >= 15 is 0 Å². The molecule has 0 heterocycles. The van der Waals surface area contributed by atoms with Gasteiger partial charge in [-0.05, 0) is 73.9 Å². The summed E-state index contributed by atoms with van der Waals surface area (Å²) >= 11 is 6.00. The molecule has 0 spiro atoms. The number of rotatable bonds is 12. The fourth-order valence-electron chi connectivity index (χ4n) is 4.23. The first-order valence-corrected chi connectivity index (χ1v) is 14.5. The zero-order chi connectivity index (χ0) is 28.6. The van der Waals surface area contributed by atoms with Crippen LogP contribution >= 0.6 is 11.6 Å². The SMILES string of the molecule is CCNC(=O)[C@H](CC)N(Cc1ccc(OC)cc1)C(=O)CN(c1ccccc1C)S(=O)(=O)c1ccc(Cl)cc1. The highest BCUT2D eigenvalue weighted by molar-refractivity contribution is 7.92. The Kier molecular flexibility index (Phi) is 10.4. The van der Waals surface area contributed by atoms with Crippen molar-refractivity contribution >= 4 is 39.1 Å². The highest BCUT2D eigenvalue weighted by Gasteiger charge is 2.34. The molecule has 0 aromatic heterocycles. The lowest BCUT2D eigenvalue weighted by Gasteiger charge is -2.33. The Morgan fingerprint density at radius 2 is 1.62 bits per heavy atom. The fourth-order valence-corrected chi connectivity index (χ4v) is 5.83. The summed E-state index contributed by atoms with van der Waals surface area (Å²) in [4.78, 5) is 28.4. The van der Waals surface area contributed by atoms with E-state index in [1.807, 2.05) is 19.1 Å². The van der Waals surface area contributed by atoms with Crippen molar-refractivity contribution in [2.45, 2.75) is 44.7 Å². The van der Waals surface area contributed by atoms with E-state index in [-0.39, 0.29) is 17.3 Å². The number of nitrogens with zero attached hydrogens (tertiary/aromatic N) is 2. The number of carbonyl (C=O) groups is 2. The Morgan fingerprint density at radius 1 is 0.974 bits per heavy atom. The summed E-state index contributed by atoms with van der Waals surface area (Å²) in [6, 6.07) is 19.1. The van der Waals surface area contributed by atoms with Crippen LogP contribution in [0.1, 0.15) is 31.4 Å². The van der Waals surface area contributed by atoms with Gasteiger partial charge in [0.15, 0.2) is 0 Å². The first-order chi connectivity index (χ1) is 18.6. The predicted octanol–water partition coefficient (Wildman–Crippen LogP) is 4.80. The molecule has 39 heavy (non-hydrogen) atoms. The molecule has 0 saturated heterocycles. The summed E-state index contributed by atoms with van der Waals surface area (Å²) in [5.74, 6) is -0.151. The van der Waals surface area contributed by atoms with Gasteiger partial charge in [-0.2, -0.15) is 0 Å². The van der Waals surface area contributed by atoms with Crippen LogP contribution in [0.5, 0.6) is 5.75 Å². The highest BCUT2D eigenvalue weighted by atomic mass is 35.5. The molecule has 3 aromatic rings. The molecule has 0 bridgehead atoms. The quantitative estimate of drug-likeness (QED) is 0.337. The summed E-state index contributed by atoms with van der Waals surface area (Å²) in [5, 5.41) is 3.19. The van der Waals surface area contributed by atoms with E-state index in [2.05, 4.69) is 5.32 Å². The van der Waals surface area contributed by atoms with E-state index in [9.17, 15) is 18.0 Å². The molecule has 10 heteroatoms. The molecule has 0 aliphatic rings. The Balaban J connectivity index is 2.06. The standard InChI is InChI=1S/C29H34ClN3O5S/c1-5-26(29(35)31-6-2)32(19-22-11-15-24(38-4)16-12-22)28(34)20-33(27-10-8-7-9-21(27)3)39(36,37)25-17-13-23(30)14-18-25/h7-18,26H,5-6,19-20H2,1-4H3,(H,31,35)/t26-/m0/s1. The monoisotopic (exact) mass is 571 g/mol. The number of hydrogen-bond donors (Lipinski definition) is 1. The second-order valence-electron chi connectivity index (χ2n) is 8.94. The maximum Gasteiger partial charge on any atom is 0.264 e. The van der Waals surface area contributed by atoms with Crippen LogP contribution in [0, 0.1) is 6.92 Å². The normalized spacial score (nSPS) is 11.9. The molecular formula is C29H34ClN3O5S. The highest BCUT2D eigenvalue weighted by Crippen LogP contribution is 2.28. The molecule has 3 aromatic carbocycles. The van der Waals surface area contributed by atoms with E-state index < -0.39 is 28.5 Å². The van der Waals surface area contributed by atoms with E-state index in [0.29, 0.717) is 35.0 Å². The van der Waals surface area contributed by atoms with Crippen molar-refractivity contribution in [3.8, 4) is 5.75 Å². The number of amides is 2. The topological polar surface area (TPSA) is 96.0 Å². The number of benzene rings is 3. The molecule has 1 atom stereocenters.